The van der Waals surface area contributed by atoms with Gasteiger partial charge in [-0.3, -0.25) is 10.1 Å². The molecule has 2 atom stereocenters. The molecule has 0 fully saturated rings. The van der Waals surface area contributed by atoms with Crippen molar-refractivity contribution in [2.45, 2.75) is 19.2 Å². The van der Waals surface area contributed by atoms with Gasteiger partial charge in [0.1, 0.15) is 6.54 Å². The number of nitrogens with zero attached hydrogens (tertiary/aromatic N) is 1. The molecule has 5 heteroatoms. The Morgan fingerprint density at radius 3 is 2.04 bits per heavy atom. The second kappa shape index (κ2) is 9.07. The van der Waals surface area contributed by atoms with Crippen molar-refractivity contribution in [3.05, 3.63) is 112 Å². The monoisotopic (exact) mass is 363 g/mol. The van der Waals surface area contributed by atoms with Gasteiger partial charge in [-0.2, -0.15) is 0 Å². The van der Waals surface area contributed by atoms with Gasteiger partial charge in [0, 0.05) is 29.7 Å². The van der Waals surface area contributed by atoms with Crippen LogP contribution in [-0.4, -0.2) is 16.6 Å². The summed E-state index contributed by atoms with van der Waals surface area (Å²) >= 11 is 0. The zero-order valence-corrected chi connectivity index (χ0v) is 15.0. The van der Waals surface area contributed by atoms with Crippen molar-refractivity contribution < 1.29 is 14.9 Å². The van der Waals surface area contributed by atoms with Crippen molar-refractivity contribution in [1.29, 1.82) is 0 Å². The maximum absolute atomic E-state index is 10.9. The Kier molecular flexibility index (Phi) is 6.30. The Morgan fingerprint density at radius 2 is 1.44 bits per heavy atom. The van der Waals surface area contributed by atoms with E-state index in [2.05, 4.69) is 12.1 Å². The number of aliphatic hydroxyl groups is 1. The Bertz CT molecular complexity index is 852. The molecule has 3 rings (SSSR count). The molecule has 0 spiro atoms. The number of nitro benzene ring substituents is 1. The van der Waals surface area contributed by atoms with Crippen LogP contribution >= 0.6 is 0 Å². The highest BCUT2D eigenvalue weighted by Gasteiger charge is 2.21. The van der Waals surface area contributed by atoms with Crippen molar-refractivity contribution >= 4 is 5.69 Å². The van der Waals surface area contributed by atoms with Crippen LogP contribution in [0.5, 0.6) is 0 Å². The maximum atomic E-state index is 10.9. The van der Waals surface area contributed by atoms with Gasteiger partial charge in [0.25, 0.3) is 5.69 Å². The lowest BCUT2D eigenvalue weighted by Crippen LogP contribution is -3.11. The Labute approximate surface area is 158 Å². The molecule has 0 radical (unpaired) electrons. The van der Waals surface area contributed by atoms with E-state index in [-0.39, 0.29) is 5.69 Å². The molecule has 2 N–H and O–H groups in total. The second-order valence-electron chi connectivity index (χ2n) is 6.56. The van der Waals surface area contributed by atoms with Crippen molar-refractivity contribution in [2.75, 3.05) is 6.54 Å². The molecule has 3 aromatic rings. The maximum Gasteiger partial charge on any atom is 0.269 e. The number of hydrogen-bond donors (Lipinski definition) is 2. The number of hydrogen-bond acceptors (Lipinski definition) is 3. The van der Waals surface area contributed by atoms with Crippen LogP contribution in [0.1, 0.15) is 22.9 Å². The van der Waals surface area contributed by atoms with Crippen molar-refractivity contribution in [1.82, 2.24) is 0 Å². The van der Waals surface area contributed by atoms with Crippen LogP contribution in [0.4, 0.5) is 5.69 Å². The lowest BCUT2D eigenvalue weighted by molar-refractivity contribution is -0.967. The fraction of sp³-hybridized carbons (Fsp3) is 0.182. The van der Waals surface area contributed by atoms with Gasteiger partial charge >= 0.3 is 0 Å². The van der Waals surface area contributed by atoms with Gasteiger partial charge in [0.15, 0.2) is 0 Å². The predicted octanol–water partition coefficient (Wildman–Crippen LogP) is 2.91. The lowest BCUT2D eigenvalue weighted by Gasteiger charge is -2.25. The molecule has 0 saturated heterocycles. The molecule has 5 nitrogen and oxygen atoms in total. The van der Waals surface area contributed by atoms with Gasteiger partial charge < -0.3 is 10.0 Å². The fourth-order valence-corrected chi connectivity index (χ4v) is 3.14. The minimum absolute atomic E-state index is 0.0940. The molecular formula is C22H23N2O3+. The number of quaternary nitrogens is 1. The zero-order chi connectivity index (χ0) is 19.1. The van der Waals surface area contributed by atoms with Crippen LogP contribution in [0.25, 0.3) is 0 Å². The first-order chi connectivity index (χ1) is 13.1. The first-order valence-corrected chi connectivity index (χ1v) is 8.98. The van der Waals surface area contributed by atoms with E-state index in [4.69, 9.17) is 0 Å². The summed E-state index contributed by atoms with van der Waals surface area (Å²) < 4.78 is 0. The summed E-state index contributed by atoms with van der Waals surface area (Å²) in [6.07, 6.45) is 0.0915. The third-order valence-electron chi connectivity index (χ3n) is 4.66. The largest absolute Gasteiger partial charge is 0.341 e. The summed E-state index contributed by atoms with van der Waals surface area (Å²) in [5.74, 6) is 0. The third kappa shape index (κ3) is 5.23. The molecule has 0 aliphatic heterocycles. The van der Waals surface area contributed by atoms with E-state index in [9.17, 15) is 15.2 Å². The van der Waals surface area contributed by atoms with Crippen LogP contribution in [0.15, 0.2) is 84.9 Å². The molecule has 27 heavy (non-hydrogen) atoms. The van der Waals surface area contributed by atoms with E-state index >= 15 is 0 Å². The van der Waals surface area contributed by atoms with Crippen LogP contribution in [0, 0.1) is 10.1 Å². The summed E-state index contributed by atoms with van der Waals surface area (Å²) in [6.45, 7) is 1.41. The van der Waals surface area contributed by atoms with Crippen LogP contribution in [-0.2, 0) is 13.0 Å². The van der Waals surface area contributed by atoms with Crippen molar-refractivity contribution in [3.63, 3.8) is 0 Å². The number of rotatable bonds is 8. The van der Waals surface area contributed by atoms with Gasteiger partial charge in [-0.1, -0.05) is 72.8 Å². The van der Waals surface area contributed by atoms with Gasteiger partial charge in [0.05, 0.1) is 11.5 Å². The van der Waals surface area contributed by atoms with Gasteiger partial charge in [-0.05, 0) is 5.56 Å². The molecule has 0 heterocycles. The van der Waals surface area contributed by atoms with E-state index in [0.717, 1.165) is 28.0 Å². The third-order valence-corrected chi connectivity index (χ3v) is 4.66. The highest BCUT2D eigenvalue weighted by molar-refractivity contribution is 5.32. The average Bonchev–Trinajstić information content (AvgIpc) is 2.72. The molecule has 0 aliphatic rings. The number of nitro groups is 1. The second-order valence-corrected chi connectivity index (χ2v) is 6.56. The molecule has 0 aliphatic carbocycles. The SMILES string of the molecule is O=[N+]([O-])c1ccc(CC[NH+](Cc2ccccc2)[C@@H](O)c2ccccc2)cc1. The first kappa shape index (κ1) is 18.8. The molecular weight excluding hydrogens is 340 g/mol. The lowest BCUT2D eigenvalue weighted by atomic mass is 10.1. The summed E-state index contributed by atoms with van der Waals surface area (Å²) in [7, 11) is 0. The highest BCUT2D eigenvalue weighted by Crippen LogP contribution is 2.12. The molecule has 0 amide bonds. The predicted molar refractivity (Wildman–Crippen MR) is 104 cm³/mol. The average molecular weight is 363 g/mol. The number of benzene rings is 3. The Morgan fingerprint density at radius 1 is 0.852 bits per heavy atom. The molecule has 138 valence electrons. The standard InChI is InChI=1S/C22H22N2O3/c25-22(20-9-5-2-6-10-20)23(17-19-7-3-1-4-8-19)16-15-18-11-13-21(14-12-18)24(26)27/h1-14,22,25H,15-17H2/p+1/t22-/m0/s1. The highest BCUT2D eigenvalue weighted by atomic mass is 16.6. The summed E-state index contributed by atoms with van der Waals surface area (Å²) in [5.41, 5.74) is 3.15. The Hall–Kier alpha value is -3.02. The Balaban J connectivity index is 1.73. The molecule has 0 aromatic heterocycles. The van der Waals surface area contributed by atoms with Crippen molar-refractivity contribution in [3.8, 4) is 0 Å². The molecule has 0 bridgehead atoms. The van der Waals surface area contributed by atoms with E-state index < -0.39 is 11.2 Å². The fourth-order valence-electron chi connectivity index (χ4n) is 3.14. The van der Waals surface area contributed by atoms with Crippen LogP contribution in [0.2, 0.25) is 0 Å². The van der Waals surface area contributed by atoms with E-state index in [0.29, 0.717) is 13.1 Å². The normalized spacial score (nSPS) is 13.1. The van der Waals surface area contributed by atoms with Gasteiger partial charge in [-0.25, -0.2) is 0 Å². The van der Waals surface area contributed by atoms with E-state index in [1.165, 1.54) is 12.1 Å². The summed E-state index contributed by atoms with van der Waals surface area (Å²) in [6, 6.07) is 26.4. The molecule has 0 saturated carbocycles. The van der Waals surface area contributed by atoms with Crippen LogP contribution < -0.4 is 4.90 Å². The van der Waals surface area contributed by atoms with E-state index in [1.807, 2.05) is 48.5 Å². The summed E-state index contributed by atoms with van der Waals surface area (Å²) in [5, 5.41) is 21.7. The number of nitrogens with one attached hydrogen (secondary N) is 1. The summed E-state index contributed by atoms with van der Waals surface area (Å²) in [4.78, 5) is 11.4. The van der Waals surface area contributed by atoms with E-state index in [1.54, 1.807) is 12.1 Å². The zero-order valence-electron chi connectivity index (χ0n) is 15.0. The van der Waals surface area contributed by atoms with Gasteiger partial charge in [-0.15, -0.1) is 0 Å². The quantitative estimate of drug-likeness (QED) is 0.367. The topological polar surface area (TPSA) is 67.8 Å². The van der Waals surface area contributed by atoms with Gasteiger partial charge in [0.2, 0.25) is 6.23 Å². The van der Waals surface area contributed by atoms with Crippen molar-refractivity contribution in [2.24, 2.45) is 0 Å². The minimum Gasteiger partial charge on any atom is -0.341 e. The minimum atomic E-state index is -0.635. The van der Waals surface area contributed by atoms with Crippen LogP contribution in [0.3, 0.4) is 0 Å². The first-order valence-electron chi connectivity index (χ1n) is 8.98. The number of non-ortho nitro benzene ring substituents is 1. The molecule has 1 unspecified atom stereocenters. The number of aliphatic hydroxyl groups excluding tert-OH is 1. The molecule has 3 aromatic carbocycles. The smallest absolute Gasteiger partial charge is 0.269 e.